The minimum absolute atomic E-state index is 0.743. The zero-order valence-corrected chi connectivity index (χ0v) is 18.1. The molecule has 4 aromatic carbocycles. The maximum atomic E-state index is 5.48. The molecule has 4 rings (SSSR count). The maximum Gasteiger partial charge on any atom is 0.119 e. The number of benzene rings is 4. The fourth-order valence-electron chi connectivity index (χ4n) is 3.31. The van der Waals surface area contributed by atoms with Crippen LogP contribution in [0.4, 0.5) is 11.4 Å². The van der Waals surface area contributed by atoms with Gasteiger partial charge in [-0.1, -0.05) is 60.7 Å². The zero-order valence-electron chi connectivity index (χ0n) is 18.1. The third-order valence-corrected chi connectivity index (χ3v) is 4.90. The number of hydrogen-bond donors (Lipinski definition) is 0. The van der Waals surface area contributed by atoms with E-state index in [4.69, 9.17) is 19.5 Å². The smallest absolute Gasteiger partial charge is 0.119 e. The quantitative estimate of drug-likeness (QED) is 0.314. The first-order chi connectivity index (χ1) is 15.8. The van der Waals surface area contributed by atoms with Gasteiger partial charge in [0, 0.05) is 11.1 Å². The minimum Gasteiger partial charge on any atom is -0.497 e. The van der Waals surface area contributed by atoms with Crippen LogP contribution >= 0.6 is 0 Å². The van der Waals surface area contributed by atoms with Gasteiger partial charge in [-0.05, 0) is 48.5 Å². The molecule has 0 aliphatic heterocycles. The third kappa shape index (κ3) is 5.10. The SMILES string of the molecule is COc1cccc(C(=Nc2ccccc2)C(=Nc2ccccc2)c2cccc(OC)c2)c1. The van der Waals surface area contributed by atoms with E-state index >= 15 is 0 Å². The summed E-state index contributed by atoms with van der Waals surface area (Å²) in [6.07, 6.45) is 0. The molecule has 4 aromatic rings. The highest BCUT2D eigenvalue weighted by Gasteiger charge is 2.17. The van der Waals surface area contributed by atoms with Crippen LogP contribution in [0.2, 0.25) is 0 Å². The molecular weight excluding hydrogens is 396 g/mol. The summed E-state index contributed by atoms with van der Waals surface area (Å²) in [6, 6.07) is 35.5. The molecule has 0 aliphatic rings. The van der Waals surface area contributed by atoms with E-state index in [0.29, 0.717) is 0 Å². The van der Waals surface area contributed by atoms with Gasteiger partial charge in [0.1, 0.15) is 11.5 Å². The van der Waals surface area contributed by atoms with Crippen LogP contribution in [0, 0.1) is 0 Å². The van der Waals surface area contributed by atoms with Crippen molar-refractivity contribution in [3.63, 3.8) is 0 Å². The molecule has 0 bridgehead atoms. The number of hydrogen-bond acceptors (Lipinski definition) is 4. The number of ether oxygens (including phenoxy) is 2. The van der Waals surface area contributed by atoms with E-state index in [9.17, 15) is 0 Å². The van der Waals surface area contributed by atoms with Crippen LogP contribution in [0.1, 0.15) is 11.1 Å². The monoisotopic (exact) mass is 420 g/mol. The molecular formula is C28H24N2O2. The Kier molecular flexibility index (Phi) is 6.73. The van der Waals surface area contributed by atoms with Gasteiger partial charge in [-0.25, -0.2) is 9.98 Å². The van der Waals surface area contributed by atoms with E-state index in [1.165, 1.54) is 0 Å². The average Bonchev–Trinajstić information content (AvgIpc) is 2.87. The normalized spacial score (nSPS) is 11.8. The Balaban J connectivity index is 1.97. The van der Waals surface area contributed by atoms with Crippen molar-refractivity contribution < 1.29 is 9.47 Å². The number of methoxy groups -OCH3 is 2. The molecule has 0 aromatic heterocycles. The fourth-order valence-corrected chi connectivity index (χ4v) is 3.31. The second-order valence-electron chi connectivity index (χ2n) is 7.06. The van der Waals surface area contributed by atoms with Gasteiger partial charge in [0.15, 0.2) is 0 Å². The Morgan fingerprint density at radius 1 is 0.500 bits per heavy atom. The molecule has 158 valence electrons. The van der Waals surface area contributed by atoms with E-state index in [1.54, 1.807) is 14.2 Å². The van der Waals surface area contributed by atoms with Crippen LogP contribution in [0.5, 0.6) is 11.5 Å². The van der Waals surface area contributed by atoms with Crippen LogP contribution < -0.4 is 9.47 Å². The lowest BCUT2D eigenvalue weighted by molar-refractivity contribution is 0.414. The summed E-state index contributed by atoms with van der Waals surface area (Å²) in [5, 5.41) is 0. The Morgan fingerprint density at radius 2 is 0.906 bits per heavy atom. The van der Waals surface area contributed by atoms with Crippen molar-refractivity contribution in [1.29, 1.82) is 0 Å². The summed E-state index contributed by atoms with van der Waals surface area (Å²) in [7, 11) is 3.32. The number of rotatable bonds is 7. The van der Waals surface area contributed by atoms with Crippen molar-refractivity contribution in [2.45, 2.75) is 0 Å². The Bertz CT molecular complexity index is 1130. The van der Waals surface area contributed by atoms with Crippen molar-refractivity contribution in [3.8, 4) is 11.5 Å². The van der Waals surface area contributed by atoms with Crippen molar-refractivity contribution >= 4 is 22.8 Å². The predicted molar refractivity (Wildman–Crippen MR) is 131 cm³/mol. The zero-order chi connectivity index (χ0) is 22.2. The average molecular weight is 421 g/mol. The predicted octanol–water partition coefficient (Wildman–Crippen LogP) is 6.65. The summed E-state index contributed by atoms with van der Waals surface area (Å²) < 4.78 is 11.0. The Hall–Kier alpha value is -4.18. The first-order valence-corrected chi connectivity index (χ1v) is 10.3. The molecule has 0 saturated heterocycles. The molecule has 0 heterocycles. The van der Waals surface area contributed by atoms with Crippen LogP contribution in [-0.2, 0) is 0 Å². The van der Waals surface area contributed by atoms with Gasteiger partial charge in [0.25, 0.3) is 0 Å². The molecule has 0 atom stereocenters. The van der Waals surface area contributed by atoms with E-state index in [0.717, 1.165) is 45.4 Å². The van der Waals surface area contributed by atoms with Crippen molar-refractivity contribution in [1.82, 2.24) is 0 Å². The molecule has 0 fully saturated rings. The highest BCUT2D eigenvalue weighted by Crippen LogP contribution is 2.24. The second kappa shape index (κ2) is 10.2. The molecule has 0 radical (unpaired) electrons. The Morgan fingerprint density at radius 3 is 1.28 bits per heavy atom. The van der Waals surface area contributed by atoms with Gasteiger partial charge in [0.2, 0.25) is 0 Å². The fraction of sp³-hybridized carbons (Fsp3) is 0.0714. The molecule has 0 unspecified atom stereocenters. The van der Waals surface area contributed by atoms with Crippen LogP contribution in [0.25, 0.3) is 0 Å². The van der Waals surface area contributed by atoms with Crippen molar-refractivity contribution in [2.75, 3.05) is 14.2 Å². The third-order valence-electron chi connectivity index (χ3n) is 4.90. The van der Waals surface area contributed by atoms with Crippen LogP contribution in [0.15, 0.2) is 119 Å². The van der Waals surface area contributed by atoms with Gasteiger partial charge in [0.05, 0.1) is 37.0 Å². The molecule has 32 heavy (non-hydrogen) atoms. The molecule has 4 heteroatoms. The summed E-state index contributed by atoms with van der Waals surface area (Å²) in [5.41, 5.74) is 4.98. The summed E-state index contributed by atoms with van der Waals surface area (Å²) in [4.78, 5) is 10.0. The molecule has 0 spiro atoms. The standard InChI is InChI=1S/C28H24N2O2/c1-31-25-17-9-11-21(19-25)27(29-23-13-5-3-6-14-23)28(30-24-15-7-4-8-16-24)22-12-10-18-26(20-22)32-2/h3-20H,1-2H3. The number of aliphatic imine (C=N–C) groups is 2. The van der Waals surface area contributed by atoms with Crippen molar-refractivity contribution in [3.05, 3.63) is 120 Å². The van der Waals surface area contributed by atoms with Crippen LogP contribution in [-0.4, -0.2) is 25.6 Å². The molecule has 0 amide bonds. The van der Waals surface area contributed by atoms with E-state index in [1.807, 2.05) is 109 Å². The van der Waals surface area contributed by atoms with Gasteiger partial charge in [-0.2, -0.15) is 0 Å². The lowest BCUT2D eigenvalue weighted by Gasteiger charge is -2.14. The lowest BCUT2D eigenvalue weighted by Crippen LogP contribution is -2.17. The maximum absolute atomic E-state index is 5.48. The summed E-state index contributed by atoms with van der Waals surface area (Å²) >= 11 is 0. The van der Waals surface area contributed by atoms with Crippen LogP contribution in [0.3, 0.4) is 0 Å². The summed E-state index contributed by atoms with van der Waals surface area (Å²) in [5.74, 6) is 1.51. The topological polar surface area (TPSA) is 43.2 Å². The van der Waals surface area contributed by atoms with Crippen molar-refractivity contribution in [2.24, 2.45) is 9.98 Å². The van der Waals surface area contributed by atoms with E-state index in [-0.39, 0.29) is 0 Å². The molecule has 0 aliphatic carbocycles. The minimum atomic E-state index is 0.743. The lowest BCUT2D eigenvalue weighted by atomic mass is 9.98. The molecule has 4 nitrogen and oxygen atoms in total. The molecule has 0 saturated carbocycles. The van der Waals surface area contributed by atoms with Gasteiger partial charge in [-0.3, -0.25) is 0 Å². The number of para-hydroxylation sites is 2. The van der Waals surface area contributed by atoms with E-state index < -0.39 is 0 Å². The highest BCUT2D eigenvalue weighted by molar-refractivity contribution is 6.54. The number of nitrogens with zero attached hydrogens (tertiary/aromatic N) is 2. The second-order valence-corrected chi connectivity index (χ2v) is 7.06. The summed E-state index contributed by atoms with van der Waals surface area (Å²) in [6.45, 7) is 0. The first-order valence-electron chi connectivity index (χ1n) is 10.3. The first kappa shape index (κ1) is 21.1. The van der Waals surface area contributed by atoms with Gasteiger partial charge >= 0.3 is 0 Å². The Labute approximate surface area is 188 Å². The molecule has 0 N–H and O–H groups in total. The van der Waals surface area contributed by atoms with Gasteiger partial charge < -0.3 is 9.47 Å². The highest BCUT2D eigenvalue weighted by atomic mass is 16.5. The van der Waals surface area contributed by atoms with E-state index in [2.05, 4.69) is 0 Å². The van der Waals surface area contributed by atoms with Gasteiger partial charge in [-0.15, -0.1) is 0 Å². The largest absolute Gasteiger partial charge is 0.497 e.